The lowest BCUT2D eigenvalue weighted by Gasteiger charge is -2.20. The fourth-order valence-corrected chi connectivity index (χ4v) is 1.15. The lowest BCUT2D eigenvalue weighted by molar-refractivity contribution is -0.117. The highest BCUT2D eigenvalue weighted by Gasteiger charge is 2.09. The van der Waals surface area contributed by atoms with Crippen molar-refractivity contribution in [3.8, 4) is 12.3 Å². The largest absolute Gasteiger partial charge is 0.348 e. The Kier molecular flexibility index (Phi) is 4.39. The Balaban J connectivity index is 2.67. The number of hydrogen-bond donors (Lipinski definition) is 0. The molecular weight excluding hydrogens is 190 g/mol. The van der Waals surface area contributed by atoms with Gasteiger partial charge in [-0.2, -0.15) is 0 Å². The second-order valence-electron chi connectivity index (χ2n) is 2.96. The van der Waals surface area contributed by atoms with E-state index in [0.717, 1.165) is 5.69 Å². The van der Waals surface area contributed by atoms with Gasteiger partial charge in [0.15, 0.2) is 0 Å². The number of benzene rings is 1. The fraction of sp³-hybridized carbons (Fsp3) is 0.250. The van der Waals surface area contributed by atoms with E-state index in [2.05, 4.69) is 5.92 Å². The van der Waals surface area contributed by atoms with Gasteiger partial charge in [-0.3, -0.25) is 9.69 Å². The molecule has 0 N–H and O–H groups in total. The molecule has 78 valence electrons. The zero-order valence-electron chi connectivity index (χ0n) is 8.64. The summed E-state index contributed by atoms with van der Waals surface area (Å²) in [4.78, 5) is 12.9. The third-order valence-electron chi connectivity index (χ3n) is 1.85. The van der Waals surface area contributed by atoms with Crippen molar-refractivity contribution in [3.05, 3.63) is 30.3 Å². The topological polar surface area (TPSA) is 29.5 Å². The van der Waals surface area contributed by atoms with Gasteiger partial charge in [-0.1, -0.05) is 24.1 Å². The van der Waals surface area contributed by atoms with Gasteiger partial charge in [-0.05, 0) is 12.1 Å². The summed E-state index contributed by atoms with van der Waals surface area (Å²) in [7, 11) is 0. The maximum atomic E-state index is 11.3. The van der Waals surface area contributed by atoms with Crippen molar-refractivity contribution < 1.29 is 9.53 Å². The van der Waals surface area contributed by atoms with Crippen molar-refractivity contribution in [1.82, 2.24) is 0 Å². The Hall–Kier alpha value is -1.79. The Morgan fingerprint density at radius 3 is 2.67 bits per heavy atom. The molecule has 0 fully saturated rings. The molecule has 1 aromatic rings. The normalized spacial score (nSPS) is 9.33. The second kappa shape index (κ2) is 5.84. The molecule has 0 aromatic heterocycles. The summed E-state index contributed by atoms with van der Waals surface area (Å²) in [5.74, 6) is 2.28. The third kappa shape index (κ3) is 3.45. The molecule has 1 rings (SSSR count). The van der Waals surface area contributed by atoms with E-state index in [4.69, 9.17) is 11.2 Å². The number of nitrogens with zero attached hydrogens (tertiary/aromatic N) is 1. The highest BCUT2D eigenvalue weighted by atomic mass is 16.5. The van der Waals surface area contributed by atoms with E-state index in [-0.39, 0.29) is 19.2 Å². The van der Waals surface area contributed by atoms with Crippen molar-refractivity contribution in [3.63, 3.8) is 0 Å². The predicted molar refractivity (Wildman–Crippen MR) is 59.3 cm³/mol. The number of rotatable bonds is 4. The Morgan fingerprint density at radius 2 is 2.13 bits per heavy atom. The number of para-hydroxylation sites is 1. The smallest absolute Gasteiger partial charge is 0.225 e. The van der Waals surface area contributed by atoms with Crippen LogP contribution >= 0.6 is 0 Å². The van der Waals surface area contributed by atoms with Crippen LogP contribution < -0.4 is 4.90 Å². The first-order valence-corrected chi connectivity index (χ1v) is 4.60. The minimum Gasteiger partial charge on any atom is -0.348 e. The maximum Gasteiger partial charge on any atom is 0.225 e. The molecule has 1 amide bonds. The van der Waals surface area contributed by atoms with Crippen LogP contribution in [-0.4, -0.2) is 19.2 Å². The number of carbonyl (C=O) groups excluding carboxylic acids is 1. The molecule has 0 unspecified atom stereocenters. The average Bonchev–Trinajstić information content (AvgIpc) is 2.25. The SMILES string of the molecule is C#CCOCN(C(C)=O)c1ccccc1. The van der Waals surface area contributed by atoms with Gasteiger partial charge in [0.25, 0.3) is 0 Å². The summed E-state index contributed by atoms with van der Waals surface area (Å²) in [6, 6.07) is 9.32. The van der Waals surface area contributed by atoms with Gasteiger partial charge < -0.3 is 4.74 Å². The van der Waals surface area contributed by atoms with E-state index in [1.165, 1.54) is 11.8 Å². The predicted octanol–water partition coefficient (Wildman–Crippen LogP) is 1.65. The van der Waals surface area contributed by atoms with Crippen LogP contribution in [-0.2, 0) is 9.53 Å². The highest BCUT2D eigenvalue weighted by Crippen LogP contribution is 2.12. The lowest BCUT2D eigenvalue weighted by atomic mass is 10.3. The van der Waals surface area contributed by atoms with Crippen LogP contribution in [0.4, 0.5) is 5.69 Å². The van der Waals surface area contributed by atoms with E-state index < -0.39 is 0 Å². The minimum absolute atomic E-state index is 0.0711. The Bertz CT molecular complexity index is 354. The van der Waals surface area contributed by atoms with Gasteiger partial charge in [-0.25, -0.2) is 0 Å². The Labute approximate surface area is 89.7 Å². The molecule has 0 aliphatic carbocycles. The molecule has 0 spiro atoms. The zero-order valence-corrected chi connectivity index (χ0v) is 8.64. The molecule has 0 atom stereocenters. The van der Waals surface area contributed by atoms with Crippen LogP contribution in [0.3, 0.4) is 0 Å². The van der Waals surface area contributed by atoms with Gasteiger partial charge in [-0.15, -0.1) is 6.42 Å². The van der Waals surface area contributed by atoms with Crippen molar-refractivity contribution in [2.24, 2.45) is 0 Å². The van der Waals surface area contributed by atoms with Crippen LogP contribution in [0.2, 0.25) is 0 Å². The monoisotopic (exact) mass is 203 g/mol. The first-order chi connectivity index (χ1) is 7.25. The first-order valence-electron chi connectivity index (χ1n) is 4.60. The highest BCUT2D eigenvalue weighted by molar-refractivity contribution is 5.91. The molecule has 0 saturated carbocycles. The lowest BCUT2D eigenvalue weighted by Crippen LogP contribution is -2.30. The van der Waals surface area contributed by atoms with Gasteiger partial charge in [0, 0.05) is 12.6 Å². The Morgan fingerprint density at radius 1 is 1.47 bits per heavy atom. The third-order valence-corrected chi connectivity index (χ3v) is 1.85. The molecule has 0 aliphatic heterocycles. The van der Waals surface area contributed by atoms with Crippen LogP contribution in [0.25, 0.3) is 0 Å². The number of carbonyl (C=O) groups is 1. The van der Waals surface area contributed by atoms with Gasteiger partial charge >= 0.3 is 0 Å². The van der Waals surface area contributed by atoms with E-state index in [0.29, 0.717) is 0 Å². The number of hydrogen-bond acceptors (Lipinski definition) is 2. The number of amides is 1. The summed E-state index contributed by atoms with van der Waals surface area (Å²) < 4.78 is 5.13. The molecule has 3 nitrogen and oxygen atoms in total. The quantitative estimate of drug-likeness (QED) is 0.423. The van der Waals surface area contributed by atoms with Crippen LogP contribution in [0.1, 0.15) is 6.92 Å². The molecule has 3 heteroatoms. The van der Waals surface area contributed by atoms with Gasteiger partial charge in [0.1, 0.15) is 13.3 Å². The molecule has 1 aromatic carbocycles. The van der Waals surface area contributed by atoms with Crippen LogP contribution in [0.15, 0.2) is 30.3 Å². The summed E-state index contributed by atoms with van der Waals surface area (Å²) in [5.41, 5.74) is 0.807. The first kappa shape index (κ1) is 11.3. The summed E-state index contributed by atoms with van der Waals surface area (Å²) in [5, 5.41) is 0. The van der Waals surface area contributed by atoms with Crippen LogP contribution in [0, 0.1) is 12.3 Å². The van der Waals surface area contributed by atoms with Crippen molar-refractivity contribution in [1.29, 1.82) is 0 Å². The number of anilines is 1. The average molecular weight is 203 g/mol. The van der Waals surface area contributed by atoms with E-state index in [9.17, 15) is 4.79 Å². The van der Waals surface area contributed by atoms with E-state index >= 15 is 0 Å². The van der Waals surface area contributed by atoms with Crippen molar-refractivity contribution in [2.75, 3.05) is 18.2 Å². The van der Waals surface area contributed by atoms with E-state index in [1.54, 1.807) is 0 Å². The molecule has 0 radical (unpaired) electrons. The van der Waals surface area contributed by atoms with Gasteiger partial charge in [0.2, 0.25) is 5.91 Å². The number of terminal acetylenes is 1. The maximum absolute atomic E-state index is 11.3. The van der Waals surface area contributed by atoms with Crippen LogP contribution in [0.5, 0.6) is 0 Å². The minimum atomic E-state index is -0.0711. The molecule has 0 saturated heterocycles. The fourth-order valence-electron chi connectivity index (χ4n) is 1.15. The molecule has 0 heterocycles. The van der Waals surface area contributed by atoms with Gasteiger partial charge in [0.05, 0.1) is 0 Å². The zero-order chi connectivity index (χ0) is 11.1. The molecule has 15 heavy (non-hydrogen) atoms. The molecular formula is C12H13NO2. The molecule has 0 aliphatic rings. The number of ether oxygens (including phenoxy) is 1. The second-order valence-corrected chi connectivity index (χ2v) is 2.96. The summed E-state index contributed by atoms with van der Waals surface area (Å²) >= 11 is 0. The van der Waals surface area contributed by atoms with E-state index in [1.807, 2.05) is 30.3 Å². The standard InChI is InChI=1S/C12H13NO2/c1-3-9-15-10-13(11(2)14)12-7-5-4-6-8-12/h1,4-8H,9-10H2,2H3. The van der Waals surface area contributed by atoms with Crippen molar-refractivity contribution >= 4 is 11.6 Å². The molecule has 0 bridgehead atoms. The summed E-state index contributed by atoms with van der Waals surface area (Å²) in [6.07, 6.45) is 5.05. The summed E-state index contributed by atoms with van der Waals surface area (Å²) in [6.45, 7) is 1.88. The van der Waals surface area contributed by atoms with Crippen molar-refractivity contribution in [2.45, 2.75) is 6.92 Å².